The number of para-hydroxylation sites is 1. The minimum Gasteiger partial charge on any atom is -0.386 e. The summed E-state index contributed by atoms with van der Waals surface area (Å²) in [6.07, 6.45) is -1.11. The number of halogens is 3. The Balaban J connectivity index is 2.20. The highest BCUT2D eigenvalue weighted by atomic mass is 35.5. The lowest BCUT2D eigenvalue weighted by Crippen LogP contribution is -2.14. The van der Waals surface area contributed by atoms with Crippen molar-refractivity contribution in [2.75, 3.05) is 11.9 Å². The van der Waals surface area contributed by atoms with Crippen LogP contribution in [0.3, 0.4) is 0 Å². The lowest BCUT2D eigenvalue weighted by Gasteiger charge is -2.16. The number of nitro benzene ring substituents is 1. The highest BCUT2D eigenvalue weighted by Gasteiger charge is 2.21. The molecular formula is C14H11Cl2FN2O3. The molecule has 2 aromatic carbocycles. The van der Waals surface area contributed by atoms with Gasteiger partial charge >= 0.3 is 5.69 Å². The second-order valence-electron chi connectivity index (χ2n) is 4.43. The zero-order valence-electron chi connectivity index (χ0n) is 11.1. The van der Waals surface area contributed by atoms with Crippen molar-refractivity contribution in [3.05, 3.63) is 67.9 Å². The molecule has 5 nitrogen and oxygen atoms in total. The first-order valence-corrected chi connectivity index (χ1v) is 6.96. The fourth-order valence-corrected chi connectivity index (χ4v) is 2.63. The van der Waals surface area contributed by atoms with Crippen LogP contribution in [-0.4, -0.2) is 16.6 Å². The van der Waals surface area contributed by atoms with E-state index in [2.05, 4.69) is 5.32 Å². The molecule has 0 radical (unpaired) electrons. The lowest BCUT2D eigenvalue weighted by molar-refractivity contribution is -0.386. The maximum atomic E-state index is 13.5. The molecule has 8 heteroatoms. The monoisotopic (exact) mass is 344 g/mol. The van der Waals surface area contributed by atoms with Gasteiger partial charge in [0, 0.05) is 22.2 Å². The number of hydrogen-bond acceptors (Lipinski definition) is 4. The van der Waals surface area contributed by atoms with Crippen LogP contribution in [0, 0.1) is 15.9 Å². The summed E-state index contributed by atoms with van der Waals surface area (Å²) in [6, 6.07) is 8.44. The highest BCUT2D eigenvalue weighted by Crippen LogP contribution is 2.32. The molecule has 0 aliphatic rings. The molecule has 0 spiro atoms. The third kappa shape index (κ3) is 3.47. The summed E-state index contributed by atoms with van der Waals surface area (Å²) in [5.41, 5.74) is -0.412. The van der Waals surface area contributed by atoms with E-state index in [1.54, 1.807) is 18.2 Å². The van der Waals surface area contributed by atoms with Gasteiger partial charge in [0.1, 0.15) is 5.69 Å². The number of anilines is 1. The Hall–Kier alpha value is -1.89. The fraction of sp³-hybridized carbons (Fsp3) is 0.143. The normalized spacial score (nSPS) is 12.0. The number of nitrogens with zero attached hydrogens (tertiary/aromatic N) is 1. The van der Waals surface area contributed by atoms with E-state index in [9.17, 15) is 19.6 Å². The predicted octanol–water partition coefficient (Wildman–Crippen LogP) is 4.19. The lowest BCUT2D eigenvalue weighted by atomic mass is 10.1. The maximum Gasteiger partial charge on any atom is 0.327 e. The average Bonchev–Trinajstić information content (AvgIpc) is 2.44. The first-order valence-electron chi connectivity index (χ1n) is 6.20. The van der Waals surface area contributed by atoms with E-state index in [0.29, 0.717) is 5.56 Å². The van der Waals surface area contributed by atoms with Crippen LogP contribution in [-0.2, 0) is 0 Å². The first-order chi connectivity index (χ1) is 10.4. The van der Waals surface area contributed by atoms with Gasteiger partial charge in [-0.3, -0.25) is 10.1 Å². The number of nitrogens with one attached hydrogen (secondary N) is 1. The largest absolute Gasteiger partial charge is 0.386 e. The van der Waals surface area contributed by atoms with Crippen molar-refractivity contribution in [3.63, 3.8) is 0 Å². The Labute approximate surface area is 135 Å². The summed E-state index contributed by atoms with van der Waals surface area (Å²) in [5, 5.41) is 24.2. The molecule has 22 heavy (non-hydrogen) atoms. The molecule has 0 aliphatic heterocycles. The molecule has 0 fully saturated rings. The summed E-state index contributed by atoms with van der Waals surface area (Å²) in [4.78, 5) is 10.1. The molecule has 2 rings (SSSR count). The van der Waals surface area contributed by atoms with E-state index in [1.165, 1.54) is 12.1 Å². The van der Waals surface area contributed by atoms with E-state index in [1.807, 2.05) is 0 Å². The fourth-order valence-electron chi connectivity index (χ4n) is 1.98. The van der Waals surface area contributed by atoms with Crippen LogP contribution in [0.15, 0.2) is 36.4 Å². The Morgan fingerprint density at radius 2 is 1.82 bits per heavy atom. The Bertz CT molecular complexity index is 692. The summed E-state index contributed by atoms with van der Waals surface area (Å²) in [5.74, 6) is -0.958. The van der Waals surface area contributed by atoms with Gasteiger partial charge in [0.05, 0.1) is 11.0 Å². The van der Waals surface area contributed by atoms with Crippen LogP contribution in [0.1, 0.15) is 11.7 Å². The van der Waals surface area contributed by atoms with Crippen molar-refractivity contribution in [3.8, 4) is 0 Å². The molecule has 116 valence electrons. The molecule has 2 aromatic rings. The van der Waals surface area contributed by atoms with E-state index < -0.39 is 22.5 Å². The standard InChI is InChI=1S/C14H11Cl2FN2O3/c15-8-3-1-4-9(16)13(8)12(20)7-18-11-6-2-5-10(17)14(11)19(21)22/h1-6,12,18,20H,7H2. The molecule has 2 N–H and O–H groups in total. The van der Waals surface area contributed by atoms with Gasteiger partial charge in [-0.25, -0.2) is 0 Å². The van der Waals surface area contributed by atoms with Crippen LogP contribution in [0.5, 0.6) is 0 Å². The predicted molar refractivity (Wildman–Crippen MR) is 83.0 cm³/mol. The molecule has 0 saturated heterocycles. The number of benzene rings is 2. The molecule has 0 amide bonds. The molecule has 0 saturated carbocycles. The van der Waals surface area contributed by atoms with Crippen molar-refractivity contribution < 1.29 is 14.4 Å². The topological polar surface area (TPSA) is 75.4 Å². The van der Waals surface area contributed by atoms with E-state index in [-0.39, 0.29) is 22.3 Å². The summed E-state index contributed by atoms with van der Waals surface area (Å²) < 4.78 is 13.5. The zero-order valence-corrected chi connectivity index (χ0v) is 12.6. The van der Waals surface area contributed by atoms with Crippen molar-refractivity contribution in [1.82, 2.24) is 0 Å². The minimum absolute atomic E-state index is 0.0350. The zero-order chi connectivity index (χ0) is 16.3. The highest BCUT2D eigenvalue weighted by molar-refractivity contribution is 6.36. The van der Waals surface area contributed by atoms with Gasteiger partial charge in [-0.15, -0.1) is 0 Å². The molecule has 1 atom stereocenters. The van der Waals surface area contributed by atoms with Crippen LogP contribution < -0.4 is 5.32 Å². The van der Waals surface area contributed by atoms with E-state index >= 15 is 0 Å². The van der Waals surface area contributed by atoms with Gasteiger partial charge in [0.2, 0.25) is 5.82 Å². The van der Waals surface area contributed by atoms with E-state index in [0.717, 1.165) is 6.07 Å². The third-order valence-corrected chi connectivity index (χ3v) is 3.65. The van der Waals surface area contributed by atoms with Gasteiger partial charge < -0.3 is 10.4 Å². The molecule has 1 unspecified atom stereocenters. The molecular weight excluding hydrogens is 334 g/mol. The van der Waals surface area contributed by atoms with Crippen molar-refractivity contribution >= 4 is 34.6 Å². The van der Waals surface area contributed by atoms with Crippen molar-refractivity contribution in [2.45, 2.75) is 6.10 Å². The molecule has 0 heterocycles. The number of aliphatic hydroxyl groups is 1. The van der Waals surface area contributed by atoms with Crippen molar-refractivity contribution in [1.29, 1.82) is 0 Å². The van der Waals surface area contributed by atoms with Gasteiger partial charge in [0.25, 0.3) is 0 Å². The first kappa shape index (κ1) is 16.5. The molecule has 0 bridgehead atoms. The van der Waals surface area contributed by atoms with Crippen LogP contribution in [0.25, 0.3) is 0 Å². The third-order valence-electron chi connectivity index (χ3n) is 2.99. The molecule has 0 aliphatic carbocycles. The Kier molecular flexibility index (Phi) is 5.18. The van der Waals surface area contributed by atoms with Gasteiger partial charge in [-0.1, -0.05) is 35.3 Å². The summed E-state index contributed by atoms with van der Waals surface area (Å²) >= 11 is 11.9. The van der Waals surface area contributed by atoms with Crippen molar-refractivity contribution in [2.24, 2.45) is 0 Å². The van der Waals surface area contributed by atoms with Gasteiger partial charge in [-0.05, 0) is 24.3 Å². The SMILES string of the molecule is O=[N+]([O-])c1c(F)cccc1NCC(O)c1c(Cl)cccc1Cl. The number of aliphatic hydroxyl groups excluding tert-OH is 1. The summed E-state index contributed by atoms with van der Waals surface area (Å²) in [7, 11) is 0. The Morgan fingerprint density at radius 1 is 1.23 bits per heavy atom. The van der Waals surface area contributed by atoms with Crippen LogP contribution in [0.2, 0.25) is 10.0 Å². The smallest absolute Gasteiger partial charge is 0.327 e. The molecule has 0 aromatic heterocycles. The van der Waals surface area contributed by atoms with Crippen LogP contribution in [0.4, 0.5) is 15.8 Å². The number of hydrogen-bond donors (Lipinski definition) is 2. The quantitative estimate of drug-likeness (QED) is 0.629. The Morgan fingerprint density at radius 3 is 2.41 bits per heavy atom. The minimum atomic E-state index is -1.11. The van der Waals surface area contributed by atoms with Gasteiger partial charge in [0.15, 0.2) is 0 Å². The second-order valence-corrected chi connectivity index (χ2v) is 5.24. The second kappa shape index (κ2) is 6.91. The van der Waals surface area contributed by atoms with E-state index in [4.69, 9.17) is 23.2 Å². The van der Waals surface area contributed by atoms with Gasteiger partial charge in [-0.2, -0.15) is 4.39 Å². The number of rotatable bonds is 5. The maximum absolute atomic E-state index is 13.5. The summed E-state index contributed by atoms with van der Waals surface area (Å²) in [6.45, 7) is -0.117. The van der Waals surface area contributed by atoms with Crippen LogP contribution >= 0.6 is 23.2 Å². The average molecular weight is 345 g/mol. The number of nitro groups is 1.